The Bertz CT molecular complexity index is 178. The van der Waals surface area contributed by atoms with E-state index in [4.69, 9.17) is 0 Å². The third-order valence-electron chi connectivity index (χ3n) is 2.88. The summed E-state index contributed by atoms with van der Waals surface area (Å²) in [7, 11) is 0. The summed E-state index contributed by atoms with van der Waals surface area (Å²) in [5.74, 6) is 0.319. The van der Waals surface area contributed by atoms with Crippen molar-refractivity contribution in [1.82, 2.24) is 9.80 Å². The molecule has 0 aromatic carbocycles. The van der Waals surface area contributed by atoms with Crippen molar-refractivity contribution in [3.05, 3.63) is 0 Å². The average molecular weight is 184 g/mol. The van der Waals surface area contributed by atoms with Gasteiger partial charge in [-0.1, -0.05) is 13.8 Å². The monoisotopic (exact) mass is 184 g/mol. The molecule has 1 rings (SSSR count). The van der Waals surface area contributed by atoms with Gasteiger partial charge in [-0.2, -0.15) is 0 Å². The van der Waals surface area contributed by atoms with E-state index in [0.29, 0.717) is 11.9 Å². The van der Waals surface area contributed by atoms with E-state index in [1.54, 1.807) is 0 Å². The molecule has 0 spiro atoms. The summed E-state index contributed by atoms with van der Waals surface area (Å²) in [5.41, 5.74) is 0. The molecular formula is C10H20N2O. The Morgan fingerprint density at radius 1 is 1.46 bits per heavy atom. The summed E-state index contributed by atoms with van der Waals surface area (Å²) in [5, 5.41) is 0. The molecule has 1 heterocycles. The fraction of sp³-hybridized carbons (Fsp3) is 0.900. The summed E-state index contributed by atoms with van der Waals surface area (Å²) in [4.78, 5) is 15.7. The van der Waals surface area contributed by atoms with Gasteiger partial charge >= 0.3 is 0 Å². The van der Waals surface area contributed by atoms with Crippen LogP contribution in [-0.2, 0) is 4.79 Å². The van der Waals surface area contributed by atoms with E-state index >= 15 is 0 Å². The molecule has 3 nitrogen and oxygen atoms in total. The highest BCUT2D eigenvalue weighted by Crippen LogP contribution is 2.17. The van der Waals surface area contributed by atoms with Crippen molar-refractivity contribution in [2.45, 2.75) is 39.7 Å². The Labute approximate surface area is 80.7 Å². The molecule has 13 heavy (non-hydrogen) atoms. The van der Waals surface area contributed by atoms with Gasteiger partial charge in [0.1, 0.15) is 0 Å². The lowest BCUT2D eigenvalue weighted by molar-refractivity contribution is -0.130. The first-order chi connectivity index (χ1) is 6.19. The number of carbonyl (C=O) groups excluding carboxylic acids is 1. The second kappa shape index (κ2) is 4.61. The Morgan fingerprint density at radius 3 is 2.46 bits per heavy atom. The van der Waals surface area contributed by atoms with Gasteiger partial charge in [0.25, 0.3) is 0 Å². The van der Waals surface area contributed by atoms with Gasteiger partial charge in [-0.15, -0.1) is 0 Å². The molecule has 1 fully saturated rings. The smallest absolute Gasteiger partial charge is 0.223 e. The molecule has 76 valence electrons. The van der Waals surface area contributed by atoms with Crippen LogP contribution in [0.25, 0.3) is 0 Å². The maximum absolute atomic E-state index is 11.5. The third-order valence-corrected chi connectivity index (χ3v) is 2.88. The Balaban J connectivity index is 2.46. The molecule has 0 bridgehead atoms. The van der Waals surface area contributed by atoms with E-state index < -0.39 is 0 Å². The minimum atomic E-state index is 0.319. The van der Waals surface area contributed by atoms with E-state index in [0.717, 1.165) is 32.6 Å². The normalized spacial score (nSPS) is 23.2. The molecule has 1 amide bonds. The van der Waals surface area contributed by atoms with Crippen LogP contribution in [0, 0.1) is 0 Å². The second-order valence-electron chi connectivity index (χ2n) is 3.70. The number of hydrogen-bond donors (Lipinski definition) is 0. The summed E-state index contributed by atoms with van der Waals surface area (Å²) in [6.07, 6.45) is 1.77. The zero-order chi connectivity index (χ0) is 9.84. The van der Waals surface area contributed by atoms with Gasteiger partial charge < -0.3 is 4.90 Å². The predicted octanol–water partition coefficient (Wildman–Crippen LogP) is 1.30. The van der Waals surface area contributed by atoms with Gasteiger partial charge in [0, 0.05) is 12.5 Å². The van der Waals surface area contributed by atoms with E-state index in [2.05, 4.69) is 25.7 Å². The summed E-state index contributed by atoms with van der Waals surface area (Å²) in [6.45, 7) is 9.25. The average Bonchev–Trinajstić information content (AvgIpc) is 2.44. The lowest BCUT2D eigenvalue weighted by atomic mass is 10.2. The zero-order valence-corrected chi connectivity index (χ0v) is 8.92. The van der Waals surface area contributed by atoms with Crippen molar-refractivity contribution < 1.29 is 4.79 Å². The van der Waals surface area contributed by atoms with Crippen LogP contribution in [0.5, 0.6) is 0 Å². The number of rotatable bonds is 4. The van der Waals surface area contributed by atoms with Gasteiger partial charge in [-0.25, -0.2) is 0 Å². The molecule has 1 atom stereocenters. The maximum atomic E-state index is 11.5. The lowest BCUT2D eigenvalue weighted by Crippen LogP contribution is -2.41. The molecule has 0 aromatic rings. The highest BCUT2D eigenvalue weighted by Gasteiger charge is 2.27. The van der Waals surface area contributed by atoms with E-state index in [9.17, 15) is 4.79 Å². The van der Waals surface area contributed by atoms with Crippen molar-refractivity contribution in [2.24, 2.45) is 0 Å². The van der Waals surface area contributed by atoms with Crippen LogP contribution in [0.3, 0.4) is 0 Å². The fourth-order valence-corrected chi connectivity index (χ4v) is 1.73. The Hall–Kier alpha value is -0.570. The molecule has 1 saturated heterocycles. The van der Waals surface area contributed by atoms with Crippen LogP contribution in [-0.4, -0.2) is 41.5 Å². The highest BCUT2D eigenvalue weighted by atomic mass is 16.2. The van der Waals surface area contributed by atoms with Crippen molar-refractivity contribution in [1.29, 1.82) is 0 Å². The largest absolute Gasteiger partial charge is 0.327 e. The first kappa shape index (κ1) is 10.5. The van der Waals surface area contributed by atoms with Gasteiger partial charge in [0.15, 0.2) is 0 Å². The summed E-state index contributed by atoms with van der Waals surface area (Å²) < 4.78 is 0. The molecular weight excluding hydrogens is 164 g/mol. The van der Waals surface area contributed by atoms with E-state index in [-0.39, 0.29) is 0 Å². The Morgan fingerprint density at radius 2 is 2.08 bits per heavy atom. The topological polar surface area (TPSA) is 23.6 Å². The highest BCUT2D eigenvalue weighted by molar-refractivity contribution is 5.78. The number of hydrogen-bond acceptors (Lipinski definition) is 2. The van der Waals surface area contributed by atoms with Crippen molar-refractivity contribution in [2.75, 3.05) is 19.8 Å². The quantitative estimate of drug-likeness (QED) is 0.657. The van der Waals surface area contributed by atoms with Crippen molar-refractivity contribution >= 4 is 5.91 Å². The van der Waals surface area contributed by atoms with Crippen molar-refractivity contribution in [3.8, 4) is 0 Å². The molecule has 0 aliphatic carbocycles. The molecule has 1 aliphatic rings. The molecule has 0 saturated carbocycles. The summed E-state index contributed by atoms with van der Waals surface area (Å²) >= 11 is 0. The first-order valence-electron chi connectivity index (χ1n) is 5.20. The standard InChI is InChI=1S/C10H20N2O/c1-4-11(5-2)8-12-9(3)6-7-10(12)13/h9H,4-8H2,1-3H3/t9-/m1/s1. The molecule has 0 N–H and O–H groups in total. The van der Waals surface area contributed by atoms with Crippen LogP contribution < -0.4 is 0 Å². The van der Waals surface area contributed by atoms with Gasteiger partial charge in [0.05, 0.1) is 6.67 Å². The van der Waals surface area contributed by atoms with Crippen LogP contribution in [0.4, 0.5) is 0 Å². The van der Waals surface area contributed by atoms with E-state index in [1.807, 2.05) is 4.90 Å². The van der Waals surface area contributed by atoms with Crippen LogP contribution >= 0.6 is 0 Å². The SMILES string of the molecule is CCN(CC)CN1C(=O)CC[C@H]1C. The second-order valence-corrected chi connectivity index (χ2v) is 3.70. The number of amides is 1. The van der Waals surface area contributed by atoms with Crippen LogP contribution in [0.2, 0.25) is 0 Å². The first-order valence-corrected chi connectivity index (χ1v) is 5.20. The number of likely N-dealkylation sites (tertiary alicyclic amines) is 1. The molecule has 1 aliphatic heterocycles. The molecule has 3 heteroatoms. The molecule has 0 radical (unpaired) electrons. The van der Waals surface area contributed by atoms with Gasteiger partial charge in [0.2, 0.25) is 5.91 Å². The number of carbonyl (C=O) groups is 1. The fourth-order valence-electron chi connectivity index (χ4n) is 1.73. The number of nitrogens with zero attached hydrogens (tertiary/aromatic N) is 2. The third kappa shape index (κ3) is 2.44. The lowest BCUT2D eigenvalue weighted by Gasteiger charge is -2.28. The minimum Gasteiger partial charge on any atom is -0.327 e. The summed E-state index contributed by atoms with van der Waals surface area (Å²) in [6, 6.07) is 0.438. The van der Waals surface area contributed by atoms with Crippen LogP contribution in [0.1, 0.15) is 33.6 Å². The van der Waals surface area contributed by atoms with Gasteiger partial charge in [-0.05, 0) is 26.4 Å². The Kier molecular flexibility index (Phi) is 3.72. The molecule has 0 aromatic heterocycles. The van der Waals surface area contributed by atoms with E-state index in [1.165, 1.54) is 0 Å². The van der Waals surface area contributed by atoms with Crippen molar-refractivity contribution in [3.63, 3.8) is 0 Å². The minimum absolute atomic E-state index is 0.319. The predicted molar refractivity (Wildman–Crippen MR) is 53.3 cm³/mol. The molecule has 0 unspecified atom stereocenters. The van der Waals surface area contributed by atoms with Crippen LogP contribution in [0.15, 0.2) is 0 Å². The van der Waals surface area contributed by atoms with Gasteiger partial charge in [-0.3, -0.25) is 9.69 Å². The zero-order valence-electron chi connectivity index (χ0n) is 8.92. The maximum Gasteiger partial charge on any atom is 0.223 e.